The van der Waals surface area contributed by atoms with Crippen molar-refractivity contribution in [2.45, 2.75) is 19.3 Å². The predicted molar refractivity (Wildman–Crippen MR) is 74.5 cm³/mol. The molecule has 7 nitrogen and oxygen atoms in total. The number of sulfone groups is 1. The van der Waals surface area contributed by atoms with Crippen molar-refractivity contribution in [3.8, 4) is 0 Å². The van der Waals surface area contributed by atoms with Gasteiger partial charge in [0.1, 0.15) is 0 Å². The average Bonchev–Trinajstić information content (AvgIpc) is 3.21. The number of rotatable bonds is 7. The van der Waals surface area contributed by atoms with Crippen molar-refractivity contribution in [2.24, 2.45) is 11.8 Å². The smallest absolute Gasteiger partial charge is 0.308 e. The highest BCUT2D eigenvalue weighted by Crippen LogP contribution is 2.31. The molecular formula is C13H21NO6S. The van der Waals surface area contributed by atoms with Crippen molar-refractivity contribution in [1.82, 2.24) is 4.90 Å². The SMILES string of the molecule is O=C(O)[C@@H](CC(=O)N1CCOCC1)CS(=O)(=O)CC1CC1. The first-order valence-electron chi connectivity index (χ1n) is 7.16. The zero-order valence-corrected chi connectivity index (χ0v) is 12.7. The second kappa shape index (κ2) is 6.74. The Hall–Kier alpha value is -1.15. The molecule has 120 valence electrons. The van der Waals surface area contributed by atoms with Gasteiger partial charge in [-0.3, -0.25) is 9.59 Å². The van der Waals surface area contributed by atoms with Crippen molar-refractivity contribution in [3.63, 3.8) is 0 Å². The Morgan fingerprint density at radius 1 is 1.24 bits per heavy atom. The highest BCUT2D eigenvalue weighted by atomic mass is 32.2. The number of nitrogens with zero attached hydrogens (tertiary/aromatic N) is 1. The van der Waals surface area contributed by atoms with Crippen molar-refractivity contribution in [2.75, 3.05) is 37.8 Å². The minimum absolute atomic E-state index is 0.0442. The summed E-state index contributed by atoms with van der Waals surface area (Å²) in [4.78, 5) is 24.8. The minimum Gasteiger partial charge on any atom is -0.481 e. The van der Waals surface area contributed by atoms with Gasteiger partial charge in [0.25, 0.3) is 0 Å². The summed E-state index contributed by atoms with van der Waals surface area (Å²) < 4.78 is 29.0. The summed E-state index contributed by atoms with van der Waals surface area (Å²) in [7, 11) is -3.42. The second-order valence-corrected chi connectivity index (χ2v) is 7.91. The largest absolute Gasteiger partial charge is 0.481 e. The number of hydrogen-bond donors (Lipinski definition) is 1. The molecule has 0 aromatic heterocycles. The van der Waals surface area contributed by atoms with Gasteiger partial charge in [-0.05, 0) is 18.8 Å². The van der Waals surface area contributed by atoms with Gasteiger partial charge in [-0.25, -0.2) is 8.42 Å². The van der Waals surface area contributed by atoms with E-state index >= 15 is 0 Å². The molecule has 1 aliphatic heterocycles. The molecule has 21 heavy (non-hydrogen) atoms. The molecule has 1 atom stereocenters. The Morgan fingerprint density at radius 2 is 1.86 bits per heavy atom. The maximum absolute atomic E-state index is 12.0. The van der Waals surface area contributed by atoms with Crippen molar-refractivity contribution in [3.05, 3.63) is 0 Å². The van der Waals surface area contributed by atoms with Crippen LogP contribution in [-0.2, 0) is 24.2 Å². The summed E-state index contributed by atoms with van der Waals surface area (Å²) in [6.45, 7) is 1.73. The van der Waals surface area contributed by atoms with Gasteiger partial charge >= 0.3 is 5.97 Å². The van der Waals surface area contributed by atoms with Crippen molar-refractivity contribution >= 4 is 21.7 Å². The number of ether oxygens (including phenoxy) is 1. The fraction of sp³-hybridized carbons (Fsp3) is 0.846. The van der Waals surface area contributed by atoms with Crippen molar-refractivity contribution < 1.29 is 27.9 Å². The number of hydrogen-bond acceptors (Lipinski definition) is 5. The third-order valence-electron chi connectivity index (χ3n) is 3.78. The first kappa shape index (κ1) is 16.2. The van der Waals surface area contributed by atoms with Crippen LogP contribution in [0.3, 0.4) is 0 Å². The molecule has 1 heterocycles. The van der Waals surface area contributed by atoms with Gasteiger partial charge in [-0.1, -0.05) is 0 Å². The van der Waals surface area contributed by atoms with Crippen LogP contribution in [0.1, 0.15) is 19.3 Å². The van der Waals surface area contributed by atoms with Crippen LogP contribution < -0.4 is 0 Å². The maximum Gasteiger partial charge on any atom is 0.308 e. The van der Waals surface area contributed by atoms with Gasteiger partial charge in [0.05, 0.1) is 30.6 Å². The van der Waals surface area contributed by atoms with E-state index in [1.54, 1.807) is 0 Å². The van der Waals surface area contributed by atoms with Crippen LogP contribution in [0.25, 0.3) is 0 Å². The maximum atomic E-state index is 12.0. The summed E-state index contributed by atoms with van der Waals surface area (Å²) in [6.07, 6.45) is 1.52. The highest BCUT2D eigenvalue weighted by molar-refractivity contribution is 7.91. The number of carboxylic acids is 1. The molecule has 1 amide bonds. The molecule has 0 aromatic rings. The van der Waals surface area contributed by atoms with E-state index in [1.165, 1.54) is 4.90 Å². The summed E-state index contributed by atoms with van der Waals surface area (Å²) in [5.41, 5.74) is 0. The molecule has 0 aromatic carbocycles. The van der Waals surface area contributed by atoms with Crippen LogP contribution in [0.5, 0.6) is 0 Å². The molecule has 2 fully saturated rings. The van der Waals surface area contributed by atoms with Gasteiger partial charge < -0.3 is 14.7 Å². The molecule has 0 spiro atoms. The summed E-state index contributed by atoms with van der Waals surface area (Å²) in [5.74, 6) is -2.93. The van der Waals surface area contributed by atoms with Crippen LogP contribution in [-0.4, -0.2) is 68.1 Å². The zero-order chi connectivity index (χ0) is 15.5. The fourth-order valence-corrected chi connectivity index (χ4v) is 4.45. The van der Waals surface area contributed by atoms with E-state index in [0.717, 1.165) is 12.8 Å². The average molecular weight is 319 g/mol. The highest BCUT2D eigenvalue weighted by Gasteiger charge is 2.33. The topological polar surface area (TPSA) is 101 Å². The molecule has 1 N–H and O–H groups in total. The van der Waals surface area contributed by atoms with Crippen LogP contribution in [0.15, 0.2) is 0 Å². The Balaban J connectivity index is 1.91. The molecule has 1 saturated carbocycles. The van der Waals surface area contributed by atoms with E-state index in [-0.39, 0.29) is 24.0 Å². The monoisotopic (exact) mass is 319 g/mol. The summed E-state index contributed by atoms with van der Waals surface area (Å²) >= 11 is 0. The first-order valence-corrected chi connectivity index (χ1v) is 8.98. The third-order valence-corrected chi connectivity index (χ3v) is 5.67. The van der Waals surface area contributed by atoms with Gasteiger partial charge in [0.2, 0.25) is 5.91 Å². The lowest BCUT2D eigenvalue weighted by Gasteiger charge is -2.27. The summed E-state index contributed by atoms with van der Waals surface area (Å²) in [5, 5.41) is 9.17. The lowest BCUT2D eigenvalue weighted by atomic mass is 10.1. The molecule has 1 saturated heterocycles. The fourth-order valence-electron chi connectivity index (χ4n) is 2.39. The lowest BCUT2D eigenvalue weighted by Crippen LogP contribution is -2.42. The molecule has 8 heteroatoms. The Labute approximate surface area is 124 Å². The molecule has 2 rings (SSSR count). The Kier molecular flexibility index (Phi) is 5.21. The number of carboxylic acid groups (broad SMARTS) is 1. The standard InChI is InChI=1S/C13H21NO6S/c15-12(14-3-5-20-6-4-14)7-11(13(16)17)9-21(18,19)8-10-1-2-10/h10-11H,1-9H2,(H,16,17)/t11-/m0/s1. The van der Waals surface area contributed by atoms with E-state index in [1.807, 2.05) is 0 Å². The van der Waals surface area contributed by atoms with Crippen molar-refractivity contribution in [1.29, 1.82) is 0 Å². The first-order chi connectivity index (χ1) is 9.87. The normalized spacial score (nSPS) is 21.0. The third kappa shape index (κ3) is 5.28. The van der Waals surface area contributed by atoms with Gasteiger partial charge in [-0.2, -0.15) is 0 Å². The molecule has 0 bridgehead atoms. The van der Waals surface area contributed by atoms with Gasteiger partial charge in [0.15, 0.2) is 9.84 Å². The molecular weight excluding hydrogens is 298 g/mol. The van der Waals surface area contributed by atoms with Crippen LogP contribution in [0, 0.1) is 11.8 Å². The summed E-state index contributed by atoms with van der Waals surface area (Å²) in [6, 6.07) is 0. The Bertz CT molecular complexity index is 493. The Morgan fingerprint density at radius 3 is 2.38 bits per heavy atom. The minimum atomic E-state index is -3.42. The van der Waals surface area contributed by atoms with E-state index in [4.69, 9.17) is 4.74 Å². The van der Waals surface area contributed by atoms with E-state index in [0.29, 0.717) is 26.3 Å². The number of amides is 1. The van der Waals surface area contributed by atoms with E-state index < -0.39 is 27.5 Å². The quantitative estimate of drug-likeness (QED) is 0.695. The van der Waals surface area contributed by atoms with Gasteiger partial charge in [0, 0.05) is 19.5 Å². The lowest BCUT2D eigenvalue weighted by molar-refractivity contribution is -0.146. The van der Waals surface area contributed by atoms with E-state index in [2.05, 4.69) is 0 Å². The van der Waals surface area contributed by atoms with Gasteiger partial charge in [-0.15, -0.1) is 0 Å². The second-order valence-electron chi connectivity index (χ2n) is 5.75. The van der Waals surface area contributed by atoms with Crippen LogP contribution >= 0.6 is 0 Å². The number of morpholine rings is 1. The number of aliphatic carboxylic acids is 1. The molecule has 0 unspecified atom stereocenters. The molecule has 2 aliphatic rings. The molecule has 1 aliphatic carbocycles. The zero-order valence-electron chi connectivity index (χ0n) is 11.9. The predicted octanol–water partition coefficient (Wildman–Crippen LogP) is -0.239. The molecule has 0 radical (unpaired) electrons. The van der Waals surface area contributed by atoms with Crippen LogP contribution in [0.2, 0.25) is 0 Å². The van der Waals surface area contributed by atoms with E-state index in [9.17, 15) is 23.1 Å². The van der Waals surface area contributed by atoms with Crippen LogP contribution in [0.4, 0.5) is 0 Å². The number of carbonyl (C=O) groups excluding carboxylic acids is 1. The number of carbonyl (C=O) groups is 2.